The first kappa shape index (κ1) is 17.1. The van der Waals surface area contributed by atoms with Crippen LogP contribution in [0.25, 0.3) is 0 Å². The van der Waals surface area contributed by atoms with Gasteiger partial charge in [0, 0.05) is 48.2 Å². The predicted octanol–water partition coefficient (Wildman–Crippen LogP) is 2.37. The Hall–Kier alpha value is -1.04. The van der Waals surface area contributed by atoms with Gasteiger partial charge in [0.05, 0.1) is 24.5 Å². The van der Waals surface area contributed by atoms with E-state index in [1.165, 1.54) is 0 Å². The van der Waals surface area contributed by atoms with E-state index in [0.717, 1.165) is 24.0 Å². The van der Waals surface area contributed by atoms with Gasteiger partial charge in [-0.25, -0.2) is 0 Å². The molecule has 0 aromatic carbocycles. The van der Waals surface area contributed by atoms with Crippen molar-refractivity contribution < 1.29 is 19.3 Å². The third kappa shape index (κ3) is 1.65. The number of carbonyl (C=O) groups excluding carboxylic acids is 2. The van der Waals surface area contributed by atoms with E-state index >= 15 is 0 Å². The van der Waals surface area contributed by atoms with Crippen LogP contribution in [0.5, 0.6) is 0 Å². The summed E-state index contributed by atoms with van der Waals surface area (Å²) in [7, 11) is 0. The van der Waals surface area contributed by atoms with Crippen molar-refractivity contribution in [1.82, 2.24) is 0 Å². The minimum absolute atomic E-state index is 0.0152. The van der Waals surface area contributed by atoms with E-state index in [-0.39, 0.29) is 46.6 Å². The van der Waals surface area contributed by atoms with Gasteiger partial charge in [0.2, 0.25) is 0 Å². The fraction of sp³-hybridized carbons (Fsp3) is 0.810. The molecule has 5 nitrogen and oxygen atoms in total. The third-order valence-corrected chi connectivity index (χ3v) is 9.07. The molecule has 0 amide bonds. The molecule has 142 valence electrons. The lowest BCUT2D eigenvalue weighted by atomic mass is 9.45. The number of carbonyl (C=O) groups is 2. The van der Waals surface area contributed by atoms with Crippen LogP contribution >= 0.6 is 0 Å². The summed E-state index contributed by atoms with van der Waals surface area (Å²) < 4.78 is -0.148. The van der Waals surface area contributed by atoms with E-state index < -0.39 is 10.8 Å². The number of rotatable bonds is 2. The molecular weight excluding hydrogens is 330 g/mol. The molecule has 1 unspecified atom stereocenters. The van der Waals surface area contributed by atoms with Crippen LogP contribution in [0.2, 0.25) is 0 Å². The number of hydrogen-bond acceptors (Lipinski definition) is 4. The molecule has 3 aliphatic carbocycles. The smallest absolute Gasteiger partial charge is 0.159 e. The summed E-state index contributed by atoms with van der Waals surface area (Å²) in [5.74, 6) is 0.525. The van der Waals surface area contributed by atoms with Gasteiger partial charge in [-0.3, -0.25) is 9.59 Å². The Kier molecular flexibility index (Phi) is 3.33. The second-order valence-electron chi connectivity index (χ2n) is 9.82. The standard InChI is InChI=1S/C21H29NO4/c1-12-10-22(26)11-14-3-4-16(24)18-13(6-8-23)5-7-21(18)19(25)15(12)9-17(22)20(14,21)2/h12,14-15,17,23H,3-11H2,1-2H3/t12-,14+,15+,17+,20+,21-,22?/m0/s1. The summed E-state index contributed by atoms with van der Waals surface area (Å²) in [5, 5.41) is 23.3. The van der Waals surface area contributed by atoms with E-state index in [9.17, 15) is 19.9 Å². The molecule has 2 heterocycles. The molecule has 5 aliphatic rings. The maximum absolute atomic E-state index is 13.9. The number of allylic oxidation sites excluding steroid dienone is 1. The molecule has 2 saturated carbocycles. The van der Waals surface area contributed by atoms with Gasteiger partial charge in [0.1, 0.15) is 5.78 Å². The largest absolute Gasteiger partial charge is 0.633 e. The number of ketones is 2. The topological polar surface area (TPSA) is 77.4 Å². The highest BCUT2D eigenvalue weighted by Gasteiger charge is 2.77. The molecule has 1 N–H and O–H groups in total. The molecule has 1 spiro atoms. The Morgan fingerprint density at radius 1 is 1.27 bits per heavy atom. The average molecular weight is 359 g/mol. The molecule has 2 bridgehead atoms. The van der Waals surface area contributed by atoms with Crippen LogP contribution in [0, 0.1) is 33.8 Å². The van der Waals surface area contributed by atoms with Gasteiger partial charge in [0.15, 0.2) is 5.78 Å². The monoisotopic (exact) mass is 359 g/mol. The zero-order valence-electron chi connectivity index (χ0n) is 15.8. The summed E-state index contributed by atoms with van der Waals surface area (Å²) in [6.07, 6.45) is 3.77. The Balaban J connectivity index is 1.80. The van der Waals surface area contributed by atoms with Crippen molar-refractivity contribution in [3.63, 3.8) is 0 Å². The summed E-state index contributed by atoms with van der Waals surface area (Å²) in [4.78, 5) is 27.1. The van der Waals surface area contributed by atoms with Crippen LogP contribution < -0.4 is 0 Å². The third-order valence-electron chi connectivity index (χ3n) is 9.07. The summed E-state index contributed by atoms with van der Waals surface area (Å²) in [6.45, 7) is 5.37. The van der Waals surface area contributed by atoms with Crippen molar-refractivity contribution >= 4 is 11.6 Å². The average Bonchev–Trinajstić information content (AvgIpc) is 3.04. The van der Waals surface area contributed by atoms with Gasteiger partial charge >= 0.3 is 0 Å². The number of quaternary nitrogens is 1. The van der Waals surface area contributed by atoms with E-state index in [4.69, 9.17) is 0 Å². The molecule has 0 aromatic heterocycles. The summed E-state index contributed by atoms with van der Waals surface area (Å²) in [5.41, 5.74) is 0.568. The highest BCUT2D eigenvalue weighted by molar-refractivity contribution is 6.08. The number of hydrogen-bond donors (Lipinski definition) is 1. The summed E-state index contributed by atoms with van der Waals surface area (Å²) >= 11 is 0. The first-order valence-corrected chi connectivity index (χ1v) is 10.3. The Morgan fingerprint density at radius 3 is 2.77 bits per heavy atom. The quantitative estimate of drug-likeness (QED) is 0.606. The molecule has 26 heavy (non-hydrogen) atoms. The lowest BCUT2D eigenvalue weighted by molar-refractivity contribution is -0.908. The van der Waals surface area contributed by atoms with E-state index in [2.05, 4.69) is 13.8 Å². The second kappa shape index (κ2) is 5.06. The van der Waals surface area contributed by atoms with Crippen molar-refractivity contribution in [2.75, 3.05) is 19.7 Å². The minimum atomic E-state index is -0.761. The molecule has 0 aromatic rings. The van der Waals surface area contributed by atoms with Crippen LogP contribution in [0.4, 0.5) is 0 Å². The second-order valence-corrected chi connectivity index (χ2v) is 9.82. The molecule has 0 radical (unpaired) electrons. The lowest BCUT2D eigenvalue weighted by Crippen LogP contribution is -2.69. The van der Waals surface area contributed by atoms with Gasteiger partial charge < -0.3 is 15.0 Å². The Bertz CT molecular complexity index is 744. The van der Waals surface area contributed by atoms with Crippen LogP contribution in [-0.2, 0) is 9.59 Å². The van der Waals surface area contributed by atoms with Crippen molar-refractivity contribution in [2.45, 2.75) is 58.4 Å². The molecule has 4 fully saturated rings. The van der Waals surface area contributed by atoms with E-state index in [1.54, 1.807) is 0 Å². The van der Waals surface area contributed by atoms with Crippen LogP contribution in [0.1, 0.15) is 52.4 Å². The molecule has 2 aliphatic heterocycles. The minimum Gasteiger partial charge on any atom is -0.633 e. The van der Waals surface area contributed by atoms with Gasteiger partial charge in [-0.1, -0.05) is 19.4 Å². The highest BCUT2D eigenvalue weighted by Crippen LogP contribution is 2.72. The number of aliphatic hydroxyl groups excluding tert-OH is 1. The summed E-state index contributed by atoms with van der Waals surface area (Å²) in [6, 6.07) is -0.0548. The number of piperidine rings is 1. The first-order valence-electron chi connectivity index (χ1n) is 10.3. The number of fused-ring (bicyclic) bond motifs is 1. The highest BCUT2D eigenvalue weighted by atomic mass is 16.6. The van der Waals surface area contributed by atoms with Crippen LogP contribution in [0.15, 0.2) is 11.1 Å². The van der Waals surface area contributed by atoms with Crippen LogP contribution in [0.3, 0.4) is 0 Å². The van der Waals surface area contributed by atoms with Crippen molar-refractivity contribution in [3.8, 4) is 0 Å². The number of aliphatic hydroxyl groups is 1. The SMILES string of the molecule is C[C@H]1C[N+]2([O-])C[C@H]3CCC(=O)C4=C(CCO)CC[C@@]45C(=O)[C@@H]1C[C@@H]2[C@@]35C. The zero-order valence-corrected chi connectivity index (χ0v) is 15.8. The number of Topliss-reactive ketones (excluding diaryl/α,β-unsaturated/α-hetero) is 2. The van der Waals surface area contributed by atoms with E-state index in [0.29, 0.717) is 38.8 Å². The van der Waals surface area contributed by atoms with Crippen molar-refractivity contribution in [2.24, 2.45) is 28.6 Å². The van der Waals surface area contributed by atoms with Gasteiger partial charge in [-0.05, 0) is 25.7 Å². The normalized spacial score (nSPS) is 52.3. The number of nitrogens with zero attached hydrogens (tertiary/aromatic N) is 1. The van der Waals surface area contributed by atoms with Crippen LogP contribution in [-0.4, -0.2) is 47.1 Å². The Labute approximate surface area is 154 Å². The Morgan fingerprint density at radius 2 is 2.04 bits per heavy atom. The van der Waals surface area contributed by atoms with Gasteiger partial charge in [-0.15, -0.1) is 0 Å². The number of hydroxylamine groups is 3. The lowest BCUT2D eigenvalue weighted by Gasteiger charge is -2.62. The fourth-order valence-corrected chi connectivity index (χ4v) is 8.07. The van der Waals surface area contributed by atoms with Gasteiger partial charge in [0.25, 0.3) is 0 Å². The maximum atomic E-state index is 13.9. The first-order chi connectivity index (χ1) is 12.3. The molecular formula is C21H29NO4. The zero-order chi connectivity index (χ0) is 18.5. The molecule has 5 rings (SSSR count). The van der Waals surface area contributed by atoms with E-state index in [1.807, 2.05) is 0 Å². The maximum Gasteiger partial charge on any atom is 0.159 e. The van der Waals surface area contributed by atoms with Crippen molar-refractivity contribution in [3.05, 3.63) is 16.4 Å². The predicted molar refractivity (Wildman–Crippen MR) is 95.7 cm³/mol. The fourth-order valence-electron chi connectivity index (χ4n) is 8.07. The molecule has 7 atom stereocenters. The molecule has 2 saturated heterocycles. The van der Waals surface area contributed by atoms with Gasteiger partial charge in [-0.2, -0.15) is 0 Å². The molecule has 5 heteroatoms. The van der Waals surface area contributed by atoms with Crippen molar-refractivity contribution in [1.29, 1.82) is 0 Å².